The second kappa shape index (κ2) is 8.71. The van der Waals surface area contributed by atoms with E-state index < -0.39 is 29.5 Å². The molecule has 28 heavy (non-hydrogen) atoms. The molecule has 3 nitrogen and oxygen atoms in total. The molecule has 9 heteroatoms. The molecule has 0 radical (unpaired) electrons. The Labute approximate surface area is 166 Å². The molecule has 1 aliphatic rings. The molecular weight excluding hydrogens is 401 g/mol. The van der Waals surface area contributed by atoms with Gasteiger partial charge in [-0.25, -0.2) is 13.8 Å². The lowest BCUT2D eigenvalue weighted by Gasteiger charge is -2.42. The van der Waals surface area contributed by atoms with Crippen LogP contribution in [0, 0.1) is 11.6 Å². The fourth-order valence-electron chi connectivity index (χ4n) is 3.40. The van der Waals surface area contributed by atoms with E-state index in [4.69, 9.17) is 0 Å². The molecule has 3 atom stereocenters. The first-order valence-corrected chi connectivity index (χ1v) is 8.65. The molecule has 154 valence electrons. The van der Waals surface area contributed by atoms with E-state index in [1.165, 1.54) is 30.3 Å². The molecule has 1 unspecified atom stereocenters. The van der Waals surface area contributed by atoms with Gasteiger partial charge in [0.2, 0.25) is 0 Å². The van der Waals surface area contributed by atoms with Gasteiger partial charge in [-0.15, -0.1) is 12.4 Å². The zero-order chi connectivity index (χ0) is 19.8. The van der Waals surface area contributed by atoms with Gasteiger partial charge < -0.3 is 5.32 Å². The summed E-state index contributed by atoms with van der Waals surface area (Å²) in [7, 11) is 0. The van der Waals surface area contributed by atoms with Crippen molar-refractivity contribution < 1.29 is 22.0 Å². The molecule has 1 saturated heterocycles. The lowest BCUT2D eigenvalue weighted by Crippen LogP contribution is -2.55. The van der Waals surface area contributed by atoms with Gasteiger partial charge in [0.05, 0.1) is 11.7 Å². The number of halogens is 6. The van der Waals surface area contributed by atoms with E-state index in [2.05, 4.69) is 10.3 Å². The molecule has 1 aliphatic heterocycles. The molecule has 2 heterocycles. The van der Waals surface area contributed by atoms with Crippen molar-refractivity contribution in [2.24, 2.45) is 0 Å². The minimum Gasteiger partial charge on any atom is -0.311 e. The Hall–Kier alpha value is -1.77. The van der Waals surface area contributed by atoms with Crippen molar-refractivity contribution in [1.29, 1.82) is 0 Å². The summed E-state index contributed by atoms with van der Waals surface area (Å²) in [5.41, 5.74) is -0.858. The third-order valence-electron chi connectivity index (χ3n) is 4.75. The average molecular weight is 422 g/mol. The van der Waals surface area contributed by atoms with Crippen LogP contribution in [0.25, 0.3) is 0 Å². The van der Waals surface area contributed by atoms with Gasteiger partial charge in [0, 0.05) is 25.2 Å². The Morgan fingerprint density at radius 2 is 1.71 bits per heavy atom. The number of pyridine rings is 1. The van der Waals surface area contributed by atoms with E-state index in [1.54, 1.807) is 0 Å². The predicted molar refractivity (Wildman–Crippen MR) is 98.3 cm³/mol. The second-order valence-corrected chi connectivity index (χ2v) is 6.87. The maximum atomic E-state index is 13.7. The summed E-state index contributed by atoms with van der Waals surface area (Å²) < 4.78 is 66.5. The topological polar surface area (TPSA) is 28.2 Å². The van der Waals surface area contributed by atoms with E-state index in [1.807, 2.05) is 18.7 Å². The second-order valence-electron chi connectivity index (χ2n) is 6.87. The third kappa shape index (κ3) is 4.79. The molecule has 3 rings (SSSR count). The van der Waals surface area contributed by atoms with Crippen molar-refractivity contribution in [1.82, 2.24) is 15.2 Å². The zero-order valence-electron chi connectivity index (χ0n) is 15.3. The van der Waals surface area contributed by atoms with Crippen LogP contribution in [0.5, 0.6) is 0 Å². The zero-order valence-corrected chi connectivity index (χ0v) is 16.1. The van der Waals surface area contributed by atoms with Crippen molar-refractivity contribution in [2.45, 2.75) is 38.1 Å². The first-order chi connectivity index (χ1) is 12.7. The van der Waals surface area contributed by atoms with Gasteiger partial charge in [0.25, 0.3) is 0 Å². The number of nitrogens with zero attached hydrogens (tertiary/aromatic N) is 2. The van der Waals surface area contributed by atoms with E-state index >= 15 is 0 Å². The van der Waals surface area contributed by atoms with Crippen LogP contribution in [0.2, 0.25) is 0 Å². The minimum absolute atomic E-state index is 0. The van der Waals surface area contributed by atoms with Crippen LogP contribution in [0.3, 0.4) is 0 Å². The number of hydrogen-bond acceptors (Lipinski definition) is 3. The van der Waals surface area contributed by atoms with Crippen molar-refractivity contribution in [2.75, 3.05) is 13.1 Å². The number of aromatic nitrogens is 1. The summed E-state index contributed by atoms with van der Waals surface area (Å²) in [5.74, 6) is -1.85. The Balaban J connectivity index is 0.00000280. The molecule has 0 spiro atoms. The van der Waals surface area contributed by atoms with Gasteiger partial charge in [0.15, 0.2) is 11.5 Å². The summed E-state index contributed by atoms with van der Waals surface area (Å²) in [4.78, 5) is 5.63. The van der Waals surface area contributed by atoms with E-state index in [0.29, 0.717) is 18.7 Å². The van der Waals surface area contributed by atoms with E-state index in [-0.39, 0.29) is 30.2 Å². The molecule has 0 aliphatic carbocycles. The van der Waals surface area contributed by atoms with E-state index in [9.17, 15) is 22.0 Å². The predicted octanol–water partition coefficient (Wildman–Crippen LogP) is 4.57. The number of rotatable bonds is 3. The van der Waals surface area contributed by atoms with Gasteiger partial charge in [-0.2, -0.15) is 13.2 Å². The monoisotopic (exact) mass is 421 g/mol. The normalized spacial score (nSPS) is 21.8. The number of nitrogens with one attached hydrogen (secondary N) is 1. The molecule has 1 fully saturated rings. The quantitative estimate of drug-likeness (QED) is 0.736. The van der Waals surface area contributed by atoms with Crippen LogP contribution >= 0.6 is 12.4 Å². The molecule has 0 saturated carbocycles. The summed E-state index contributed by atoms with van der Waals surface area (Å²) in [5, 5.41) is 3.31. The highest BCUT2D eigenvalue weighted by atomic mass is 35.5. The molecular formula is C19H21ClF5N3. The van der Waals surface area contributed by atoms with Crippen LogP contribution in [-0.4, -0.2) is 35.1 Å². The first-order valence-electron chi connectivity index (χ1n) is 8.65. The first kappa shape index (κ1) is 22.5. The Morgan fingerprint density at radius 1 is 1.07 bits per heavy atom. The van der Waals surface area contributed by atoms with Gasteiger partial charge in [-0.05, 0) is 43.7 Å². The van der Waals surface area contributed by atoms with Crippen molar-refractivity contribution in [3.05, 3.63) is 65.0 Å². The van der Waals surface area contributed by atoms with Crippen LogP contribution in [0.15, 0.2) is 36.4 Å². The summed E-state index contributed by atoms with van der Waals surface area (Å²) in [6, 6.07) is 7.08. The number of benzene rings is 1. The highest BCUT2D eigenvalue weighted by Crippen LogP contribution is 2.35. The molecule has 1 N–H and O–H groups in total. The fourth-order valence-corrected chi connectivity index (χ4v) is 3.40. The Morgan fingerprint density at radius 3 is 2.32 bits per heavy atom. The highest BCUT2D eigenvalue weighted by molar-refractivity contribution is 5.85. The lowest BCUT2D eigenvalue weighted by molar-refractivity contribution is -0.143. The number of piperazine rings is 1. The van der Waals surface area contributed by atoms with Crippen LogP contribution < -0.4 is 5.32 Å². The van der Waals surface area contributed by atoms with Gasteiger partial charge in [0.1, 0.15) is 5.82 Å². The molecule has 1 aromatic carbocycles. The number of hydrogen-bond donors (Lipinski definition) is 1. The Kier molecular flexibility index (Phi) is 7.01. The average Bonchev–Trinajstić information content (AvgIpc) is 2.60. The maximum absolute atomic E-state index is 13.7. The fraction of sp³-hybridized carbons (Fsp3) is 0.421. The van der Waals surface area contributed by atoms with Crippen molar-refractivity contribution in [3.8, 4) is 0 Å². The lowest BCUT2D eigenvalue weighted by atomic mass is 9.97. The van der Waals surface area contributed by atoms with Gasteiger partial charge >= 0.3 is 6.18 Å². The molecule has 2 aromatic rings. The maximum Gasteiger partial charge on any atom is 0.436 e. The summed E-state index contributed by atoms with van der Waals surface area (Å²) >= 11 is 0. The van der Waals surface area contributed by atoms with Gasteiger partial charge in [-0.3, -0.25) is 4.90 Å². The number of alkyl halides is 3. The molecule has 0 amide bonds. The van der Waals surface area contributed by atoms with Crippen LogP contribution in [-0.2, 0) is 6.18 Å². The summed E-state index contributed by atoms with van der Waals surface area (Å²) in [6.45, 7) is 5.12. The Bertz CT molecular complexity index is 797. The third-order valence-corrected chi connectivity index (χ3v) is 4.75. The van der Waals surface area contributed by atoms with Crippen molar-refractivity contribution in [3.63, 3.8) is 0 Å². The smallest absolute Gasteiger partial charge is 0.311 e. The van der Waals surface area contributed by atoms with Gasteiger partial charge in [-0.1, -0.05) is 12.1 Å². The van der Waals surface area contributed by atoms with E-state index in [0.717, 1.165) is 6.07 Å². The molecule has 0 bridgehead atoms. The van der Waals surface area contributed by atoms with Crippen LogP contribution in [0.1, 0.15) is 36.8 Å². The minimum atomic E-state index is -4.89. The van der Waals surface area contributed by atoms with Crippen LogP contribution in [0.4, 0.5) is 22.0 Å². The highest BCUT2D eigenvalue weighted by Gasteiger charge is 2.38. The largest absolute Gasteiger partial charge is 0.436 e. The SMILES string of the molecule is C[C@@H]1CN[C@@H](C)CN1C(c1ccc(F)cc1)c1ccc(F)c(C(F)(F)F)n1.Cl. The van der Waals surface area contributed by atoms with Crippen molar-refractivity contribution >= 4 is 12.4 Å². The molecule has 1 aromatic heterocycles. The standard InChI is InChI=1S/C19H20F5N3.ClH/c1-11-10-27(12(2)9-25-11)17(13-3-5-14(20)6-4-13)16-8-7-15(21)18(26-16)19(22,23)24;/h3-8,11-12,17,25H,9-10H2,1-2H3;1H/t11-,12+,17?;/m0./s1. The summed E-state index contributed by atoms with van der Waals surface area (Å²) in [6.07, 6.45) is -4.89.